The summed E-state index contributed by atoms with van der Waals surface area (Å²) in [6, 6.07) is 2.92. The third-order valence-corrected chi connectivity index (χ3v) is 8.42. The minimum Gasteiger partial charge on any atom is -0.387 e. The van der Waals surface area contributed by atoms with Gasteiger partial charge < -0.3 is 41.4 Å². The molecule has 2 aliphatic rings. The molecule has 238 valence electrons. The minimum absolute atomic E-state index is 0.0548. The molecule has 44 heavy (non-hydrogen) atoms. The van der Waals surface area contributed by atoms with Gasteiger partial charge in [-0.3, -0.25) is 18.4 Å². The van der Waals surface area contributed by atoms with Crippen molar-refractivity contribution in [2.24, 2.45) is 5.73 Å². The number of pyridine rings is 1. The summed E-state index contributed by atoms with van der Waals surface area (Å²) in [4.78, 5) is 23.3. The molecule has 5 heterocycles. The van der Waals surface area contributed by atoms with Crippen LogP contribution >= 0.6 is 16.1 Å². The molecule has 1 amide bonds. The van der Waals surface area contributed by atoms with Crippen LogP contribution in [-0.4, -0.2) is 96.4 Å². The van der Waals surface area contributed by atoms with E-state index >= 15 is 0 Å². The molecule has 0 aromatic carbocycles. The molecule has 2 unspecified atom stereocenters. The Morgan fingerprint density at radius 1 is 1.16 bits per heavy atom. The molecule has 2 aliphatic heterocycles. The van der Waals surface area contributed by atoms with E-state index in [4.69, 9.17) is 30.0 Å². The van der Waals surface area contributed by atoms with E-state index in [1.807, 2.05) is 0 Å². The normalized spacial score (nSPS) is 30.4. The number of hydrogen-bond acceptors (Lipinski definition) is 18. The number of carbonyl (C=O) groups is 1. The summed E-state index contributed by atoms with van der Waals surface area (Å²) in [5, 5.41) is 41.8. The summed E-state index contributed by atoms with van der Waals surface area (Å²) < 4.78 is 62.6. The first-order valence-corrected chi connectivity index (χ1v) is 15.1. The van der Waals surface area contributed by atoms with Crippen LogP contribution in [0.4, 0.5) is 5.82 Å². The van der Waals surface area contributed by atoms with Crippen molar-refractivity contribution in [3.8, 4) is 0 Å². The number of amides is 1. The lowest BCUT2D eigenvalue weighted by atomic mass is 10.1. The van der Waals surface area contributed by atoms with Gasteiger partial charge in [0.05, 0.1) is 11.0 Å². The van der Waals surface area contributed by atoms with Gasteiger partial charge >= 0.3 is 16.1 Å². The van der Waals surface area contributed by atoms with Crippen molar-refractivity contribution >= 4 is 39.0 Å². The summed E-state index contributed by atoms with van der Waals surface area (Å²) in [5.41, 5.74) is 11.5. The summed E-state index contributed by atoms with van der Waals surface area (Å²) in [5.74, 6) is -0.671. The van der Waals surface area contributed by atoms with Crippen LogP contribution in [0.3, 0.4) is 0 Å². The van der Waals surface area contributed by atoms with Crippen molar-refractivity contribution in [3.05, 3.63) is 42.7 Å². The number of aliphatic hydroxyl groups is 4. The fraction of sp³-hybridized carbons (Fsp3) is 0.476. The highest BCUT2D eigenvalue weighted by Gasteiger charge is 2.51. The molecular formula is C21H27N7O14P2+2. The molecular weight excluding hydrogens is 636 g/mol. The van der Waals surface area contributed by atoms with Crippen LogP contribution in [0.25, 0.3) is 11.2 Å². The van der Waals surface area contributed by atoms with Crippen LogP contribution < -0.4 is 16.0 Å². The molecule has 3 aromatic heterocycles. The number of nitrogens with two attached hydrogens (primary N) is 2. The van der Waals surface area contributed by atoms with Crippen LogP contribution in [0.1, 0.15) is 22.8 Å². The van der Waals surface area contributed by atoms with Crippen molar-refractivity contribution in [3.63, 3.8) is 0 Å². The maximum atomic E-state index is 12.9. The highest BCUT2D eigenvalue weighted by molar-refractivity contribution is 7.48. The summed E-state index contributed by atoms with van der Waals surface area (Å²) in [6.07, 6.45) is -6.83. The van der Waals surface area contributed by atoms with Gasteiger partial charge in [0.15, 0.2) is 42.5 Å². The summed E-state index contributed by atoms with van der Waals surface area (Å²) in [6.45, 7) is -0.604. The number of aromatic nitrogens is 5. The maximum Gasteiger partial charge on any atom is 0.729 e. The molecule has 10 atom stereocenters. The fourth-order valence-electron chi connectivity index (χ4n) is 4.35. The zero-order valence-electron chi connectivity index (χ0n) is 22.4. The lowest BCUT2D eigenvalue weighted by Crippen LogP contribution is -2.46. The van der Waals surface area contributed by atoms with E-state index in [1.54, 1.807) is 0 Å². The minimum atomic E-state index is -4.77. The average Bonchev–Trinajstić information content (AvgIpc) is 3.65. The van der Waals surface area contributed by atoms with Gasteiger partial charge in [-0.1, -0.05) is 4.67 Å². The molecule has 0 saturated carbocycles. The SMILES string of the molecule is COP(=O)(OO[P+](=O)OC[C@H]1O[C@@H]([n+]2cccc(C(N)=O)c2)[C@H](O)[C@@H]1O)O[C@H]1O[C@@H](n2cnc3c(N)ncnc32)[C@H](O)[C@@H]1O. The van der Waals surface area contributed by atoms with Gasteiger partial charge in [-0.05, 0) is 6.07 Å². The number of phosphoric acid groups is 1. The van der Waals surface area contributed by atoms with Crippen LogP contribution in [0.2, 0.25) is 0 Å². The molecule has 23 heteroatoms. The number of ether oxygens (including phenoxy) is 2. The van der Waals surface area contributed by atoms with E-state index in [0.29, 0.717) is 0 Å². The van der Waals surface area contributed by atoms with E-state index in [2.05, 4.69) is 28.8 Å². The van der Waals surface area contributed by atoms with E-state index in [1.165, 1.54) is 40.0 Å². The Morgan fingerprint density at radius 2 is 1.93 bits per heavy atom. The highest BCUT2D eigenvalue weighted by atomic mass is 31.2. The Bertz CT molecular complexity index is 1580. The van der Waals surface area contributed by atoms with Crippen molar-refractivity contribution in [1.82, 2.24) is 19.5 Å². The molecule has 21 nitrogen and oxygen atoms in total. The standard InChI is InChI=1S/C21H26N7O14P2/c1-36-44(35,40-21-15(32)14(31)20(39-21)28-8-26-11-16(22)24-7-25-18(11)28)42-41-43(34)37-6-10-12(29)13(30)19(38-10)27-4-2-3-9(5-27)17(23)33/h2-5,7-8,10,12-15,19-21,29-32H,6H2,1H3,(H3-,22,23,24,25,33)/q+1/p+1/t10-,12-,13-,14-,15+,19-,20-,21-,44?/m1/s1. The van der Waals surface area contributed by atoms with Crippen LogP contribution in [0.5, 0.6) is 0 Å². The highest BCUT2D eigenvalue weighted by Crippen LogP contribution is 2.54. The van der Waals surface area contributed by atoms with Crippen molar-refractivity contribution in [2.45, 2.75) is 49.3 Å². The molecule has 0 radical (unpaired) electrons. The first-order chi connectivity index (χ1) is 20.9. The predicted molar refractivity (Wildman–Crippen MR) is 138 cm³/mol. The molecule has 8 N–H and O–H groups in total. The first-order valence-electron chi connectivity index (χ1n) is 12.5. The van der Waals surface area contributed by atoms with E-state index in [0.717, 1.165) is 13.4 Å². The van der Waals surface area contributed by atoms with Gasteiger partial charge in [0, 0.05) is 17.7 Å². The van der Waals surface area contributed by atoms with Gasteiger partial charge in [-0.2, -0.15) is 4.57 Å². The third kappa shape index (κ3) is 6.46. The Kier molecular flexibility index (Phi) is 9.58. The van der Waals surface area contributed by atoms with Crippen molar-refractivity contribution < 1.29 is 71.3 Å². The second-order valence-electron chi connectivity index (χ2n) is 9.31. The second kappa shape index (κ2) is 13.1. The zero-order chi connectivity index (χ0) is 31.8. The van der Waals surface area contributed by atoms with E-state index in [9.17, 15) is 34.4 Å². The van der Waals surface area contributed by atoms with Gasteiger partial charge in [-0.15, -0.1) is 4.52 Å². The zero-order valence-corrected chi connectivity index (χ0v) is 24.2. The quantitative estimate of drug-likeness (QED) is 0.0533. The fourth-order valence-corrected chi connectivity index (χ4v) is 5.82. The summed E-state index contributed by atoms with van der Waals surface area (Å²) in [7, 11) is -7.11. The number of primary amides is 1. The molecule has 0 spiro atoms. The number of anilines is 1. The van der Waals surface area contributed by atoms with Crippen LogP contribution in [0.15, 0.2) is 37.2 Å². The Hall–Kier alpha value is -3.14. The molecule has 5 rings (SSSR count). The largest absolute Gasteiger partial charge is 0.729 e. The lowest BCUT2D eigenvalue weighted by molar-refractivity contribution is -0.765. The van der Waals surface area contributed by atoms with E-state index < -0.39 is 77.9 Å². The topological polar surface area (TPSA) is 296 Å². The van der Waals surface area contributed by atoms with E-state index in [-0.39, 0.29) is 22.5 Å². The number of rotatable bonds is 12. The number of nitrogen functional groups attached to an aromatic ring is 1. The molecule has 0 bridgehead atoms. The number of aliphatic hydroxyl groups excluding tert-OH is 4. The monoisotopic (exact) mass is 663 g/mol. The number of imidazole rings is 1. The maximum absolute atomic E-state index is 12.9. The van der Waals surface area contributed by atoms with Crippen molar-refractivity contribution in [2.75, 3.05) is 19.5 Å². The average molecular weight is 663 g/mol. The molecule has 3 aromatic rings. The number of nitrogens with zero attached hydrogens (tertiary/aromatic N) is 5. The second-order valence-corrected chi connectivity index (χ2v) is 11.8. The third-order valence-electron chi connectivity index (χ3n) is 6.58. The van der Waals surface area contributed by atoms with Gasteiger partial charge in [0.25, 0.3) is 12.1 Å². The van der Waals surface area contributed by atoms with Gasteiger partial charge in [0.2, 0.25) is 0 Å². The lowest BCUT2D eigenvalue weighted by Gasteiger charge is -2.18. The molecule has 0 aliphatic carbocycles. The number of carbonyl (C=O) groups excluding carboxylic acids is 1. The van der Waals surface area contributed by atoms with Crippen LogP contribution in [0, 0.1) is 0 Å². The smallest absolute Gasteiger partial charge is 0.387 e. The Labute approximate surface area is 247 Å². The van der Waals surface area contributed by atoms with Gasteiger partial charge in [0.1, 0.15) is 48.4 Å². The van der Waals surface area contributed by atoms with Crippen LogP contribution in [-0.2, 0) is 41.5 Å². The molecule has 2 saturated heterocycles. The number of hydrogen-bond donors (Lipinski definition) is 6. The molecule has 2 fully saturated rings. The Morgan fingerprint density at radius 3 is 2.66 bits per heavy atom. The van der Waals surface area contributed by atoms with Gasteiger partial charge in [-0.25, -0.2) is 19.5 Å². The Balaban J connectivity index is 1.15. The number of phosphoric ester groups is 1. The van der Waals surface area contributed by atoms with Crippen molar-refractivity contribution in [1.29, 1.82) is 0 Å². The summed E-state index contributed by atoms with van der Waals surface area (Å²) >= 11 is 0. The first kappa shape index (κ1) is 32.3. The predicted octanol–water partition coefficient (Wildman–Crippen LogP) is -1.92. The number of fused-ring (bicyclic) bond motifs is 1.